The fourth-order valence-electron chi connectivity index (χ4n) is 3.20. The second-order valence-corrected chi connectivity index (χ2v) is 6.05. The van der Waals surface area contributed by atoms with E-state index in [1.165, 1.54) is 6.39 Å². The van der Waals surface area contributed by atoms with E-state index < -0.39 is 0 Å². The molecule has 1 amide bonds. The predicted molar refractivity (Wildman–Crippen MR) is 89.0 cm³/mol. The first-order valence-electron chi connectivity index (χ1n) is 8.15. The Labute approximate surface area is 142 Å². The molecule has 25 heavy (non-hydrogen) atoms. The molecule has 3 heterocycles. The highest BCUT2D eigenvalue weighted by molar-refractivity contribution is 5.97. The molecule has 8 heteroatoms. The summed E-state index contributed by atoms with van der Waals surface area (Å²) in [5.41, 5.74) is 1.05. The van der Waals surface area contributed by atoms with Gasteiger partial charge in [-0.25, -0.2) is 14.9 Å². The molecule has 1 saturated heterocycles. The van der Waals surface area contributed by atoms with Gasteiger partial charge in [-0.2, -0.15) is 5.10 Å². The molecule has 0 saturated carbocycles. The third-order valence-electron chi connectivity index (χ3n) is 4.42. The smallest absolute Gasteiger partial charge is 0.340 e. The number of benzene rings is 1. The van der Waals surface area contributed by atoms with Gasteiger partial charge >= 0.3 is 5.69 Å². The number of nitrogens with zero attached hydrogens (tertiary/aromatic N) is 3. The molecular weight excluding hydrogens is 322 g/mol. The maximum atomic E-state index is 12.9. The zero-order valence-electron chi connectivity index (χ0n) is 13.4. The average Bonchev–Trinajstić information content (AvgIpc) is 3.31. The lowest BCUT2D eigenvalue weighted by Gasteiger charge is -2.31. The standard InChI is InChI=1S/C17H17N5O3/c23-16(14-13(18-10-25-14)11-5-2-1-3-6-11)22-8-4-7-12(9-22)15-19-17(24)21-20-15/h1-3,5-6,10,12H,4,7-9H2,(H2,19,20,21,24). The third kappa shape index (κ3) is 2.98. The Hall–Kier alpha value is -3.16. The van der Waals surface area contributed by atoms with E-state index in [-0.39, 0.29) is 23.3 Å². The molecular formula is C17H17N5O3. The summed E-state index contributed by atoms with van der Waals surface area (Å²) in [5, 5.41) is 6.37. The minimum atomic E-state index is -0.333. The summed E-state index contributed by atoms with van der Waals surface area (Å²) in [6.07, 6.45) is 2.99. The fourth-order valence-corrected chi connectivity index (χ4v) is 3.20. The van der Waals surface area contributed by atoms with Gasteiger partial charge in [0.05, 0.1) is 0 Å². The van der Waals surface area contributed by atoms with Gasteiger partial charge in [0.1, 0.15) is 11.5 Å². The van der Waals surface area contributed by atoms with Crippen LogP contribution in [0.25, 0.3) is 11.3 Å². The molecule has 1 aromatic carbocycles. The van der Waals surface area contributed by atoms with Gasteiger partial charge in [-0.05, 0) is 12.8 Å². The second kappa shape index (κ2) is 6.39. The Balaban J connectivity index is 1.57. The number of aromatic amines is 2. The van der Waals surface area contributed by atoms with Crippen LogP contribution in [0.4, 0.5) is 0 Å². The van der Waals surface area contributed by atoms with Gasteiger partial charge in [-0.15, -0.1) is 0 Å². The van der Waals surface area contributed by atoms with Crippen LogP contribution in [0.2, 0.25) is 0 Å². The second-order valence-electron chi connectivity index (χ2n) is 6.05. The molecule has 128 valence electrons. The first-order chi connectivity index (χ1) is 12.2. The number of amides is 1. The summed E-state index contributed by atoms with van der Waals surface area (Å²) in [5.74, 6) is 0.629. The van der Waals surface area contributed by atoms with Gasteiger partial charge in [0.2, 0.25) is 5.76 Å². The molecule has 0 spiro atoms. The Morgan fingerprint density at radius 3 is 2.88 bits per heavy atom. The number of nitrogens with one attached hydrogen (secondary N) is 2. The lowest BCUT2D eigenvalue weighted by molar-refractivity contribution is 0.0673. The zero-order chi connectivity index (χ0) is 17.2. The molecule has 1 aliphatic rings. The number of piperidine rings is 1. The van der Waals surface area contributed by atoms with Crippen molar-refractivity contribution in [3.05, 3.63) is 58.8 Å². The molecule has 0 aliphatic carbocycles. The molecule has 1 fully saturated rings. The minimum Gasteiger partial charge on any atom is -0.438 e. The molecule has 1 aliphatic heterocycles. The van der Waals surface area contributed by atoms with Crippen molar-refractivity contribution in [2.24, 2.45) is 0 Å². The van der Waals surface area contributed by atoms with Crippen LogP contribution in [-0.4, -0.2) is 44.1 Å². The van der Waals surface area contributed by atoms with Crippen molar-refractivity contribution in [2.75, 3.05) is 13.1 Å². The minimum absolute atomic E-state index is 0.000235. The van der Waals surface area contributed by atoms with E-state index in [4.69, 9.17) is 4.42 Å². The predicted octanol–water partition coefficient (Wildman–Crippen LogP) is 1.77. The van der Waals surface area contributed by atoms with Gasteiger partial charge in [0.25, 0.3) is 5.91 Å². The van der Waals surface area contributed by atoms with Crippen molar-refractivity contribution in [3.63, 3.8) is 0 Å². The number of hydrogen-bond acceptors (Lipinski definition) is 5. The number of rotatable bonds is 3. The van der Waals surface area contributed by atoms with Crippen LogP contribution >= 0.6 is 0 Å². The largest absolute Gasteiger partial charge is 0.438 e. The number of oxazole rings is 1. The van der Waals surface area contributed by atoms with Crippen molar-refractivity contribution in [1.29, 1.82) is 0 Å². The number of carbonyl (C=O) groups excluding carboxylic acids is 1. The molecule has 2 N–H and O–H groups in total. The van der Waals surface area contributed by atoms with E-state index in [1.54, 1.807) is 4.90 Å². The number of H-pyrrole nitrogens is 2. The van der Waals surface area contributed by atoms with Crippen molar-refractivity contribution in [3.8, 4) is 11.3 Å². The number of hydrogen-bond donors (Lipinski definition) is 2. The molecule has 4 rings (SSSR count). The van der Waals surface area contributed by atoms with Crippen LogP contribution < -0.4 is 5.69 Å². The van der Waals surface area contributed by atoms with Crippen molar-refractivity contribution < 1.29 is 9.21 Å². The lowest BCUT2D eigenvalue weighted by Crippen LogP contribution is -2.39. The quantitative estimate of drug-likeness (QED) is 0.756. The van der Waals surface area contributed by atoms with Crippen LogP contribution in [0, 0.1) is 0 Å². The van der Waals surface area contributed by atoms with Crippen LogP contribution in [0.1, 0.15) is 35.1 Å². The summed E-state index contributed by atoms with van der Waals surface area (Å²) >= 11 is 0. The number of carbonyl (C=O) groups is 1. The molecule has 1 unspecified atom stereocenters. The summed E-state index contributed by atoms with van der Waals surface area (Å²) < 4.78 is 5.40. The maximum absolute atomic E-state index is 12.9. The Kier molecular flexibility index (Phi) is 3.93. The van der Waals surface area contributed by atoms with Gasteiger partial charge in [0.15, 0.2) is 6.39 Å². The Bertz CT molecular complexity index is 927. The van der Waals surface area contributed by atoms with Crippen LogP contribution in [0.3, 0.4) is 0 Å². The van der Waals surface area contributed by atoms with E-state index in [0.29, 0.717) is 24.6 Å². The van der Waals surface area contributed by atoms with E-state index in [1.807, 2.05) is 30.3 Å². The summed E-state index contributed by atoms with van der Waals surface area (Å²) in [6.45, 7) is 1.12. The van der Waals surface area contributed by atoms with Gasteiger partial charge < -0.3 is 9.32 Å². The first kappa shape index (κ1) is 15.4. The molecule has 3 aromatic rings. The summed E-state index contributed by atoms with van der Waals surface area (Å²) in [7, 11) is 0. The van der Waals surface area contributed by atoms with Crippen molar-refractivity contribution in [2.45, 2.75) is 18.8 Å². The van der Waals surface area contributed by atoms with Crippen molar-refractivity contribution >= 4 is 5.91 Å². The van der Waals surface area contributed by atoms with Crippen LogP contribution in [0.15, 0.2) is 45.9 Å². The van der Waals surface area contributed by atoms with E-state index in [0.717, 1.165) is 18.4 Å². The SMILES string of the molecule is O=C(c1ocnc1-c1ccccc1)N1CCCC(c2n[nH]c(=O)[nH]2)C1. The Morgan fingerprint density at radius 1 is 1.28 bits per heavy atom. The highest BCUT2D eigenvalue weighted by atomic mass is 16.3. The van der Waals surface area contributed by atoms with Crippen LogP contribution in [0.5, 0.6) is 0 Å². The van der Waals surface area contributed by atoms with Gasteiger partial charge in [-0.3, -0.25) is 9.78 Å². The molecule has 8 nitrogen and oxygen atoms in total. The topological polar surface area (TPSA) is 108 Å². The van der Waals surface area contributed by atoms with Gasteiger partial charge in [-0.1, -0.05) is 30.3 Å². The summed E-state index contributed by atoms with van der Waals surface area (Å²) in [6, 6.07) is 9.47. The van der Waals surface area contributed by atoms with Crippen LogP contribution in [-0.2, 0) is 0 Å². The maximum Gasteiger partial charge on any atom is 0.340 e. The van der Waals surface area contributed by atoms with Gasteiger partial charge in [0, 0.05) is 24.6 Å². The highest BCUT2D eigenvalue weighted by Crippen LogP contribution is 2.28. The van der Waals surface area contributed by atoms with Crippen molar-refractivity contribution in [1.82, 2.24) is 25.1 Å². The molecule has 2 aromatic heterocycles. The lowest BCUT2D eigenvalue weighted by atomic mass is 9.97. The zero-order valence-corrected chi connectivity index (χ0v) is 13.4. The number of likely N-dealkylation sites (tertiary alicyclic amines) is 1. The molecule has 1 atom stereocenters. The van der Waals surface area contributed by atoms with E-state index in [9.17, 15) is 9.59 Å². The average molecular weight is 339 g/mol. The third-order valence-corrected chi connectivity index (χ3v) is 4.42. The highest BCUT2D eigenvalue weighted by Gasteiger charge is 2.30. The van der Waals surface area contributed by atoms with E-state index >= 15 is 0 Å². The normalized spacial score (nSPS) is 17.6. The Morgan fingerprint density at radius 2 is 2.12 bits per heavy atom. The molecule has 0 radical (unpaired) electrons. The number of aromatic nitrogens is 4. The monoisotopic (exact) mass is 339 g/mol. The fraction of sp³-hybridized carbons (Fsp3) is 0.294. The summed E-state index contributed by atoms with van der Waals surface area (Å²) in [4.78, 5) is 32.8. The van der Waals surface area contributed by atoms with E-state index in [2.05, 4.69) is 20.2 Å². The molecule has 0 bridgehead atoms. The first-order valence-corrected chi connectivity index (χ1v) is 8.15.